The predicted octanol–water partition coefficient (Wildman–Crippen LogP) is 2.34. The third-order valence-corrected chi connectivity index (χ3v) is 3.24. The first-order valence-electron chi connectivity index (χ1n) is 5.93. The Morgan fingerprint density at radius 2 is 1.79 bits per heavy atom. The van der Waals surface area contributed by atoms with Crippen LogP contribution in [0.4, 0.5) is 0 Å². The van der Waals surface area contributed by atoms with E-state index in [2.05, 4.69) is 39.6 Å². The van der Waals surface area contributed by atoms with Gasteiger partial charge in [-0.3, -0.25) is 0 Å². The molecule has 2 heteroatoms. The van der Waals surface area contributed by atoms with Crippen molar-refractivity contribution in [2.24, 2.45) is 17.6 Å². The quantitative estimate of drug-likeness (QED) is 0.683. The van der Waals surface area contributed by atoms with E-state index >= 15 is 0 Å². The maximum atomic E-state index is 5.76. The van der Waals surface area contributed by atoms with Gasteiger partial charge in [0.15, 0.2) is 0 Å². The van der Waals surface area contributed by atoms with Gasteiger partial charge in [-0.15, -0.1) is 0 Å². The Labute approximate surface area is 89.9 Å². The van der Waals surface area contributed by atoms with Crippen LogP contribution in [0, 0.1) is 11.8 Å². The minimum Gasteiger partial charge on any atom is -0.330 e. The molecule has 0 aromatic carbocycles. The van der Waals surface area contributed by atoms with Crippen molar-refractivity contribution in [2.75, 3.05) is 20.1 Å². The van der Waals surface area contributed by atoms with E-state index in [4.69, 9.17) is 5.73 Å². The van der Waals surface area contributed by atoms with Crippen LogP contribution in [0.3, 0.4) is 0 Å². The van der Waals surface area contributed by atoms with E-state index in [-0.39, 0.29) is 0 Å². The van der Waals surface area contributed by atoms with Crippen LogP contribution in [0.2, 0.25) is 0 Å². The van der Waals surface area contributed by atoms with Gasteiger partial charge < -0.3 is 10.6 Å². The second-order valence-electron chi connectivity index (χ2n) is 4.81. The zero-order chi connectivity index (χ0) is 11.1. The molecule has 0 aliphatic carbocycles. The van der Waals surface area contributed by atoms with Gasteiger partial charge in [0.2, 0.25) is 0 Å². The minimum absolute atomic E-state index is 0.654. The van der Waals surface area contributed by atoms with Crippen LogP contribution in [0.15, 0.2) is 0 Å². The fourth-order valence-corrected chi connectivity index (χ4v) is 1.77. The Kier molecular flexibility index (Phi) is 7.20. The third kappa shape index (κ3) is 4.97. The van der Waals surface area contributed by atoms with Crippen LogP contribution in [0.1, 0.15) is 40.5 Å². The average molecular weight is 200 g/mol. The number of hydrogen-bond acceptors (Lipinski definition) is 2. The molecular formula is C12H28N2. The molecule has 0 fully saturated rings. The lowest BCUT2D eigenvalue weighted by molar-refractivity contribution is 0.176. The van der Waals surface area contributed by atoms with E-state index in [0.29, 0.717) is 12.0 Å². The van der Waals surface area contributed by atoms with Gasteiger partial charge in [0.05, 0.1) is 0 Å². The first-order chi connectivity index (χ1) is 6.52. The lowest BCUT2D eigenvalue weighted by Gasteiger charge is -2.30. The highest BCUT2D eigenvalue weighted by Gasteiger charge is 2.16. The second-order valence-corrected chi connectivity index (χ2v) is 4.81. The second kappa shape index (κ2) is 7.24. The summed E-state index contributed by atoms with van der Waals surface area (Å²) in [4.78, 5) is 2.44. The lowest BCUT2D eigenvalue weighted by Crippen LogP contribution is -2.38. The summed E-state index contributed by atoms with van der Waals surface area (Å²) in [6.45, 7) is 11.0. The molecule has 0 heterocycles. The van der Waals surface area contributed by atoms with Gasteiger partial charge in [0.1, 0.15) is 0 Å². The zero-order valence-corrected chi connectivity index (χ0v) is 10.6. The van der Waals surface area contributed by atoms with E-state index < -0.39 is 0 Å². The normalized spacial score (nSPS) is 16.3. The van der Waals surface area contributed by atoms with Gasteiger partial charge in [0.25, 0.3) is 0 Å². The summed E-state index contributed by atoms with van der Waals surface area (Å²) in [5.41, 5.74) is 5.76. The van der Waals surface area contributed by atoms with E-state index in [1.54, 1.807) is 0 Å². The maximum Gasteiger partial charge on any atom is 0.00870 e. The minimum atomic E-state index is 0.654. The van der Waals surface area contributed by atoms with Crippen LogP contribution < -0.4 is 5.73 Å². The van der Waals surface area contributed by atoms with E-state index in [9.17, 15) is 0 Å². The van der Waals surface area contributed by atoms with Crippen LogP contribution in [-0.4, -0.2) is 31.1 Å². The molecule has 0 saturated carbocycles. The van der Waals surface area contributed by atoms with Crippen molar-refractivity contribution in [1.29, 1.82) is 0 Å². The van der Waals surface area contributed by atoms with E-state index in [1.165, 1.54) is 12.8 Å². The Hall–Kier alpha value is -0.0800. The number of hydrogen-bond donors (Lipinski definition) is 1. The van der Waals surface area contributed by atoms with Gasteiger partial charge in [-0.2, -0.15) is 0 Å². The molecule has 0 bridgehead atoms. The summed E-state index contributed by atoms with van der Waals surface area (Å²) in [6.07, 6.45) is 2.50. The largest absolute Gasteiger partial charge is 0.330 e. The van der Waals surface area contributed by atoms with Crippen LogP contribution >= 0.6 is 0 Å². The van der Waals surface area contributed by atoms with Gasteiger partial charge in [0, 0.05) is 12.6 Å². The summed E-state index contributed by atoms with van der Waals surface area (Å²) in [7, 11) is 2.21. The molecule has 14 heavy (non-hydrogen) atoms. The molecule has 0 aromatic rings. The summed E-state index contributed by atoms with van der Waals surface area (Å²) in [6, 6.07) is 0.654. The highest BCUT2D eigenvalue weighted by Crippen LogP contribution is 2.12. The smallest absolute Gasteiger partial charge is 0.00870 e. The topological polar surface area (TPSA) is 29.3 Å². The molecule has 86 valence electrons. The molecular weight excluding hydrogens is 172 g/mol. The van der Waals surface area contributed by atoms with Gasteiger partial charge in [-0.1, -0.05) is 27.2 Å². The van der Waals surface area contributed by atoms with Crippen LogP contribution in [-0.2, 0) is 0 Å². The van der Waals surface area contributed by atoms with E-state index in [0.717, 1.165) is 19.0 Å². The summed E-state index contributed by atoms with van der Waals surface area (Å²) in [5.74, 6) is 1.39. The van der Waals surface area contributed by atoms with Crippen molar-refractivity contribution in [1.82, 2.24) is 4.90 Å². The summed E-state index contributed by atoms with van der Waals surface area (Å²) in [5, 5.41) is 0. The number of nitrogens with two attached hydrogens (primary N) is 1. The van der Waals surface area contributed by atoms with Crippen molar-refractivity contribution in [3.63, 3.8) is 0 Å². The molecule has 0 aliphatic heterocycles. The zero-order valence-electron chi connectivity index (χ0n) is 10.6. The molecule has 0 saturated heterocycles. The SMILES string of the molecule is CCCC(CN)CN(C)C(C)C(C)C. The number of nitrogens with zero attached hydrogens (tertiary/aromatic N) is 1. The highest BCUT2D eigenvalue weighted by atomic mass is 15.1. The standard InChI is InChI=1S/C12H28N2/c1-6-7-12(8-13)9-14(5)11(4)10(2)3/h10-12H,6-9,13H2,1-5H3. The first-order valence-corrected chi connectivity index (χ1v) is 5.93. The Balaban J connectivity index is 3.94. The summed E-state index contributed by atoms with van der Waals surface area (Å²) >= 11 is 0. The molecule has 0 rings (SSSR count). The van der Waals surface area contributed by atoms with Crippen molar-refractivity contribution < 1.29 is 0 Å². The van der Waals surface area contributed by atoms with Gasteiger partial charge >= 0.3 is 0 Å². The van der Waals surface area contributed by atoms with Crippen molar-refractivity contribution in [3.8, 4) is 0 Å². The first kappa shape index (κ1) is 13.9. The maximum absolute atomic E-state index is 5.76. The van der Waals surface area contributed by atoms with Gasteiger partial charge in [-0.25, -0.2) is 0 Å². The molecule has 0 spiro atoms. The van der Waals surface area contributed by atoms with Crippen molar-refractivity contribution in [2.45, 2.75) is 46.6 Å². The molecule has 2 nitrogen and oxygen atoms in total. The predicted molar refractivity (Wildman–Crippen MR) is 64.4 cm³/mol. The van der Waals surface area contributed by atoms with Gasteiger partial charge in [-0.05, 0) is 38.8 Å². The Morgan fingerprint density at radius 1 is 1.21 bits per heavy atom. The fraction of sp³-hybridized carbons (Fsp3) is 1.00. The molecule has 0 amide bonds. The highest BCUT2D eigenvalue weighted by molar-refractivity contribution is 4.71. The van der Waals surface area contributed by atoms with E-state index in [1.807, 2.05) is 0 Å². The van der Waals surface area contributed by atoms with Crippen LogP contribution in [0.5, 0.6) is 0 Å². The summed E-state index contributed by atoms with van der Waals surface area (Å²) < 4.78 is 0. The molecule has 0 radical (unpaired) electrons. The Morgan fingerprint density at radius 3 is 2.14 bits per heavy atom. The molecule has 0 aromatic heterocycles. The monoisotopic (exact) mass is 200 g/mol. The van der Waals surface area contributed by atoms with Crippen molar-refractivity contribution >= 4 is 0 Å². The lowest BCUT2D eigenvalue weighted by atomic mass is 10.00. The van der Waals surface area contributed by atoms with Crippen molar-refractivity contribution in [3.05, 3.63) is 0 Å². The van der Waals surface area contributed by atoms with Crippen LogP contribution in [0.25, 0.3) is 0 Å². The molecule has 0 aliphatic rings. The third-order valence-electron chi connectivity index (χ3n) is 3.24. The molecule has 2 unspecified atom stereocenters. The molecule has 2 N–H and O–H groups in total. The number of rotatable bonds is 7. The fourth-order valence-electron chi connectivity index (χ4n) is 1.77. The molecule has 2 atom stereocenters. The Bertz CT molecular complexity index is 134. The average Bonchev–Trinajstić information content (AvgIpc) is 2.15.